The van der Waals surface area contributed by atoms with Gasteiger partial charge in [-0.1, -0.05) is 18.2 Å². The van der Waals surface area contributed by atoms with E-state index in [0.717, 1.165) is 5.56 Å². The number of rotatable bonds is 3. The van der Waals surface area contributed by atoms with E-state index in [2.05, 4.69) is 0 Å². The van der Waals surface area contributed by atoms with Gasteiger partial charge in [0.1, 0.15) is 5.60 Å². The summed E-state index contributed by atoms with van der Waals surface area (Å²) in [5.41, 5.74) is 0.908. The van der Waals surface area contributed by atoms with Gasteiger partial charge in [0.25, 0.3) is 5.56 Å². The molecular formula is C17H19NO3. The second kappa shape index (κ2) is 5.95. The molecule has 0 N–H and O–H groups in total. The minimum Gasteiger partial charge on any atom is -0.456 e. The Hall–Kier alpha value is -2.36. The summed E-state index contributed by atoms with van der Waals surface area (Å²) in [5.74, 6) is -0.342. The van der Waals surface area contributed by atoms with E-state index < -0.39 is 5.60 Å². The maximum Gasteiger partial charge on any atom is 0.338 e. The average molecular weight is 285 g/mol. The fourth-order valence-corrected chi connectivity index (χ4v) is 1.87. The predicted molar refractivity (Wildman–Crippen MR) is 81.4 cm³/mol. The zero-order valence-electron chi connectivity index (χ0n) is 12.5. The van der Waals surface area contributed by atoms with Gasteiger partial charge in [0, 0.05) is 12.3 Å². The summed E-state index contributed by atoms with van der Waals surface area (Å²) in [6.45, 7) is 5.98. The molecule has 21 heavy (non-hydrogen) atoms. The van der Waals surface area contributed by atoms with E-state index in [9.17, 15) is 9.59 Å². The Balaban J connectivity index is 2.11. The smallest absolute Gasteiger partial charge is 0.338 e. The maximum absolute atomic E-state index is 11.9. The Bertz CT molecular complexity index is 678. The Morgan fingerprint density at radius 1 is 1.10 bits per heavy atom. The van der Waals surface area contributed by atoms with Crippen LogP contribution in [0.2, 0.25) is 0 Å². The number of carbonyl (C=O) groups excluding carboxylic acids is 1. The lowest BCUT2D eigenvalue weighted by atomic mass is 10.1. The molecule has 0 aliphatic carbocycles. The highest BCUT2D eigenvalue weighted by Crippen LogP contribution is 2.13. The van der Waals surface area contributed by atoms with E-state index >= 15 is 0 Å². The van der Waals surface area contributed by atoms with E-state index in [0.29, 0.717) is 12.1 Å². The van der Waals surface area contributed by atoms with Crippen molar-refractivity contribution in [2.75, 3.05) is 0 Å². The Kier molecular flexibility index (Phi) is 4.26. The molecule has 0 aliphatic heterocycles. The van der Waals surface area contributed by atoms with Crippen LogP contribution in [0.5, 0.6) is 0 Å². The third kappa shape index (κ3) is 4.31. The monoisotopic (exact) mass is 285 g/mol. The first-order valence-electron chi connectivity index (χ1n) is 6.83. The minimum absolute atomic E-state index is 0.0475. The number of ether oxygens (including phenoxy) is 1. The lowest BCUT2D eigenvalue weighted by molar-refractivity contribution is 0.00695. The van der Waals surface area contributed by atoms with Crippen LogP contribution in [-0.2, 0) is 11.3 Å². The van der Waals surface area contributed by atoms with Crippen molar-refractivity contribution >= 4 is 5.97 Å². The van der Waals surface area contributed by atoms with Crippen LogP contribution in [0.4, 0.5) is 0 Å². The molecule has 0 saturated heterocycles. The van der Waals surface area contributed by atoms with Crippen molar-refractivity contribution in [3.05, 3.63) is 70.1 Å². The second-order valence-corrected chi connectivity index (χ2v) is 5.87. The molecule has 0 spiro atoms. The van der Waals surface area contributed by atoms with Gasteiger partial charge < -0.3 is 9.30 Å². The van der Waals surface area contributed by atoms with Crippen molar-refractivity contribution in [2.24, 2.45) is 0 Å². The lowest BCUT2D eigenvalue weighted by Crippen LogP contribution is -2.23. The minimum atomic E-state index is -0.507. The standard InChI is InChI=1S/C17H19NO3/c1-17(2,3)21-16(20)14-9-7-13(8-10-14)12-18-11-5-4-6-15(18)19/h4-11H,12H2,1-3H3. The molecule has 0 atom stereocenters. The number of nitrogens with zero attached hydrogens (tertiary/aromatic N) is 1. The first-order valence-corrected chi connectivity index (χ1v) is 6.83. The van der Waals surface area contributed by atoms with Gasteiger partial charge >= 0.3 is 5.97 Å². The molecule has 0 fully saturated rings. The third-order valence-corrected chi connectivity index (χ3v) is 2.84. The third-order valence-electron chi connectivity index (χ3n) is 2.84. The molecule has 0 saturated carbocycles. The predicted octanol–water partition coefficient (Wildman–Crippen LogP) is 2.85. The molecule has 110 valence electrons. The second-order valence-electron chi connectivity index (χ2n) is 5.87. The van der Waals surface area contributed by atoms with Gasteiger partial charge in [0.2, 0.25) is 0 Å². The summed E-state index contributed by atoms with van der Waals surface area (Å²) >= 11 is 0. The van der Waals surface area contributed by atoms with Crippen LogP contribution < -0.4 is 5.56 Å². The highest BCUT2D eigenvalue weighted by molar-refractivity contribution is 5.89. The SMILES string of the molecule is CC(C)(C)OC(=O)c1ccc(Cn2ccccc2=O)cc1. The largest absolute Gasteiger partial charge is 0.456 e. The Morgan fingerprint density at radius 2 is 1.76 bits per heavy atom. The first kappa shape index (κ1) is 15.0. The number of carbonyl (C=O) groups is 1. The molecule has 1 aromatic heterocycles. The van der Waals surface area contributed by atoms with E-state index in [-0.39, 0.29) is 11.5 Å². The summed E-state index contributed by atoms with van der Waals surface area (Å²) < 4.78 is 6.92. The van der Waals surface area contributed by atoms with Crippen molar-refractivity contribution < 1.29 is 9.53 Å². The van der Waals surface area contributed by atoms with E-state index in [1.165, 1.54) is 6.07 Å². The summed E-state index contributed by atoms with van der Waals surface area (Å²) in [5, 5.41) is 0. The molecule has 0 aliphatic rings. The van der Waals surface area contributed by atoms with Gasteiger partial charge in [-0.15, -0.1) is 0 Å². The molecular weight excluding hydrogens is 266 g/mol. The van der Waals surface area contributed by atoms with E-state index in [4.69, 9.17) is 4.74 Å². The number of esters is 1. The molecule has 1 aromatic carbocycles. The Labute approximate surface area is 124 Å². The van der Waals surface area contributed by atoms with Crippen molar-refractivity contribution in [3.63, 3.8) is 0 Å². The van der Waals surface area contributed by atoms with Gasteiger partial charge in [-0.05, 0) is 44.5 Å². The summed E-state index contributed by atoms with van der Waals surface area (Å²) in [6.07, 6.45) is 1.74. The van der Waals surface area contributed by atoms with Gasteiger partial charge in [-0.3, -0.25) is 4.79 Å². The molecule has 0 unspecified atom stereocenters. The number of benzene rings is 1. The number of hydrogen-bond donors (Lipinski definition) is 0. The lowest BCUT2D eigenvalue weighted by Gasteiger charge is -2.19. The van der Waals surface area contributed by atoms with E-state index in [1.54, 1.807) is 29.0 Å². The number of aromatic nitrogens is 1. The normalized spacial score (nSPS) is 11.2. The fraction of sp³-hybridized carbons (Fsp3) is 0.294. The van der Waals surface area contributed by atoms with Crippen LogP contribution in [0.3, 0.4) is 0 Å². The van der Waals surface area contributed by atoms with E-state index in [1.807, 2.05) is 39.0 Å². The fourth-order valence-electron chi connectivity index (χ4n) is 1.87. The summed E-state index contributed by atoms with van der Waals surface area (Å²) in [4.78, 5) is 23.6. The molecule has 1 heterocycles. The highest BCUT2D eigenvalue weighted by atomic mass is 16.6. The summed E-state index contributed by atoms with van der Waals surface area (Å²) in [7, 11) is 0. The van der Waals surface area contributed by atoms with Gasteiger partial charge in [0.15, 0.2) is 0 Å². The van der Waals surface area contributed by atoms with Crippen LogP contribution in [0.15, 0.2) is 53.5 Å². The topological polar surface area (TPSA) is 48.3 Å². The quantitative estimate of drug-likeness (QED) is 0.815. The van der Waals surface area contributed by atoms with Crippen LogP contribution in [-0.4, -0.2) is 16.1 Å². The molecule has 0 amide bonds. The van der Waals surface area contributed by atoms with Crippen molar-refractivity contribution in [1.82, 2.24) is 4.57 Å². The average Bonchev–Trinajstić information content (AvgIpc) is 2.40. The van der Waals surface area contributed by atoms with Gasteiger partial charge in [-0.25, -0.2) is 4.79 Å². The van der Waals surface area contributed by atoms with Crippen LogP contribution in [0, 0.1) is 0 Å². The maximum atomic E-state index is 11.9. The molecule has 4 nitrogen and oxygen atoms in total. The van der Waals surface area contributed by atoms with Gasteiger partial charge in [-0.2, -0.15) is 0 Å². The van der Waals surface area contributed by atoms with Crippen LogP contribution >= 0.6 is 0 Å². The van der Waals surface area contributed by atoms with Crippen LogP contribution in [0.25, 0.3) is 0 Å². The molecule has 0 bridgehead atoms. The van der Waals surface area contributed by atoms with Crippen molar-refractivity contribution in [1.29, 1.82) is 0 Å². The molecule has 4 heteroatoms. The zero-order valence-corrected chi connectivity index (χ0v) is 12.5. The highest BCUT2D eigenvalue weighted by Gasteiger charge is 2.17. The van der Waals surface area contributed by atoms with Gasteiger partial charge in [0.05, 0.1) is 12.1 Å². The van der Waals surface area contributed by atoms with Crippen LogP contribution in [0.1, 0.15) is 36.7 Å². The first-order chi connectivity index (χ1) is 9.85. The van der Waals surface area contributed by atoms with Crippen molar-refractivity contribution in [3.8, 4) is 0 Å². The zero-order chi connectivity index (χ0) is 15.5. The summed E-state index contributed by atoms with van der Waals surface area (Å²) in [6, 6.07) is 12.2. The molecule has 2 aromatic rings. The van der Waals surface area contributed by atoms with Crippen molar-refractivity contribution in [2.45, 2.75) is 32.9 Å². The molecule has 0 radical (unpaired) electrons. The number of hydrogen-bond acceptors (Lipinski definition) is 3. The molecule has 2 rings (SSSR count). The Morgan fingerprint density at radius 3 is 2.33 bits per heavy atom. The number of pyridine rings is 1.